The average Bonchev–Trinajstić information content (AvgIpc) is 2.26. The van der Waals surface area contributed by atoms with Gasteiger partial charge in [-0.15, -0.1) is 0 Å². The molecule has 0 radical (unpaired) electrons. The number of fused-ring (bicyclic) bond motifs is 2. The third-order valence-electron chi connectivity index (χ3n) is 2.59. The number of hydrogen-bond acceptors (Lipinski definition) is 2. The number of benzene rings is 2. The summed E-state index contributed by atoms with van der Waals surface area (Å²) >= 11 is 5.95. The standard InChI is InChI=1S/C13H9ClN2/c14-10-1-3-12-8(6-10)5-9-7-11(15)2-4-13(9)16-12/h1-7H,15H2. The van der Waals surface area contributed by atoms with Gasteiger partial charge in [0.1, 0.15) is 0 Å². The fourth-order valence-electron chi connectivity index (χ4n) is 1.83. The predicted molar refractivity (Wildman–Crippen MR) is 68.7 cm³/mol. The first kappa shape index (κ1) is 9.43. The average molecular weight is 229 g/mol. The van der Waals surface area contributed by atoms with Crippen LogP contribution in [0, 0.1) is 0 Å². The van der Waals surface area contributed by atoms with Crippen molar-refractivity contribution in [3.05, 3.63) is 47.5 Å². The van der Waals surface area contributed by atoms with Crippen molar-refractivity contribution in [1.29, 1.82) is 0 Å². The van der Waals surface area contributed by atoms with Crippen molar-refractivity contribution >= 4 is 39.1 Å². The SMILES string of the molecule is Nc1ccc2nc3ccc(Cl)cc3cc2c1. The van der Waals surface area contributed by atoms with Gasteiger partial charge in [-0.05, 0) is 42.5 Å². The Morgan fingerprint density at radius 3 is 2.38 bits per heavy atom. The van der Waals surface area contributed by atoms with Crippen LogP contribution in [-0.4, -0.2) is 4.98 Å². The molecule has 0 aliphatic heterocycles. The van der Waals surface area contributed by atoms with Gasteiger partial charge in [0.25, 0.3) is 0 Å². The minimum atomic E-state index is 0.720. The van der Waals surface area contributed by atoms with Gasteiger partial charge in [-0.2, -0.15) is 0 Å². The highest BCUT2D eigenvalue weighted by Gasteiger charge is 2.00. The van der Waals surface area contributed by atoms with Gasteiger partial charge in [-0.25, -0.2) is 4.98 Å². The number of pyridine rings is 1. The van der Waals surface area contributed by atoms with Crippen molar-refractivity contribution in [3.8, 4) is 0 Å². The quantitative estimate of drug-likeness (QED) is 0.472. The Morgan fingerprint density at radius 2 is 1.56 bits per heavy atom. The maximum Gasteiger partial charge on any atom is 0.0711 e. The molecule has 2 N–H and O–H groups in total. The van der Waals surface area contributed by atoms with Crippen LogP contribution in [0.5, 0.6) is 0 Å². The van der Waals surface area contributed by atoms with Gasteiger partial charge < -0.3 is 5.73 Å². The van der Waals surface area contributed by atoms with Gasteiger partial charge in [-0.1, -0.05) is 11.6 Å². The van der Waals surface area contributed by atoms with Crippen molar-refractivity contribution in [2.24, 2.45) is 0 Å². The number of nitrogens with zero attached hydrogens (tertiary/aromatic N) is 1. The Balaban J connectivity index is 2.44. The molecule has 2 nitrogen and oxygen atoms in total. The van der Waals surface area contributed by atoms with Gasteiger partial charge in [0, 0.05) is 21.5 Å². The van der Waals surface area contributed by atoms with E-state index >= 15 is 0 Å². The van der Waals surface area contributed by atoms with Crippen molar-refractivity contribution in [2.75, 3.05) is 5.73 Å². The minimum Gasteiger partial charge on any atom is -0.399 e. The van der Waals surface area contributed by atoms with Gasteiger partial charge in [0.05, 0.1) is 11.0 Å². The minimum absolute atomic E-state index is 0.720. The van der Waals surface area contributed by atoms with Gasteiger partial charge in [0.15, 0.2) is 0 Å². The number of hydrogen-bond donors (Lipinski definition) is 1. The monoisotopic (exact) mass is 228 g/mol. The van der Waals surface area contributed by atoms with Crippen molar-refractivity contribution in [1.82, 2.24) is 4.98 Å². The lowest BCUT2D eigenvalue weighted by Gasteiger charge is -2.02. The van der Waals surface area contributed by atoms with Crippen LogP contribution in [0.2, 0.25) is 5.02 Å². The maximum absolute atomic E-state index is 5.95. The van der Waals surface area contributed by atoms with Crippen LogP contribution in [-0.2, 0) is 0 Å². The molecule has 0 spiro atoms. The fraction of sp³-hybridized carbons (Fsp3) is 0. The lowest BCUT2D eigenvalue weighted by Crippen LogP contribution is -1.86. The molecule has 0 aliphatic carbocycles. The van der Waals surface area contributed by atoms with E-state index in [1.54, 1.807) is 0 Å². The Hall–Kier alpha value is -1.80. The summed E-state index contributed by atoms with van der Waals surface area (Å²) in [4.78, 5) is 4.55. The summed E-state index contributed by atoms with van der Waals surface area (Å²) in [6.45, 7) is 0. The van der Waals surface area contributed by atoms with Crippen LogP contribution in [0.3, 0.4) is 0 Å². The van der Waals surface area contributed by atoms with Gasteiger partial charge in [0.2, 0.25) is 0 Å². The van der Waals surface area contributed by atoms with Gasteiger partial charge >= 0.3 is 0 Å². The van der Waals surface area contributed by atoms with Crippen molar-refractivity contribution < 1.29 is 0 Å². The number of nitrogens with two attached hydrogens (primary N) is 1. The maximum atomic E-state index is 5.95. The van der Waals surface area contributed by atoms with Crippen LogP contribution in [0.25, 0.3) is 21.8 Å². The normalized spacial score (nSPS) is 11.1. The number of anilines is 1. The summed E-state index contributed by atoms with van der Waals surface area (Å²) in [7, 11) is 0. The second-order valence-corrected chi connectivity index (χ2v) is 4.21. The molecule has 2 aromatic carbocycles. The number of rotatable bonds is 0. The third kappa shape index (κ3) is 1.48. The van der Waals surface area contributed by atoms with E-state index in [0.29, 0.717) is 0 Å². The van der Waals surface area contributed by atoms with Crippen LogP contribution in [0.1, 0.15) is 0 Å². The first-order chi connectivity index (χ1) is 7.72. The second kappa shape index (κ2) is 3.35. The van der Waals surface area contributed by atoms with Crippen LogP contribution in [0.4, 0.5) is 5.69 Å². The van der Waals surface area contributed by atoms with E-state index in [0.717, 1.165) is 32.5 Å². The molecule has 0 saturated heterocycles. The zero-order valence-electron chi connectivity index (χ0n) is 8.44. The summed E-state index contributed by atoms with van der Waals surface area (Å²) in [6.07, 6.45) is 0. The molecule has 3 rings (SSSR count). The molecular formula is C13H9ClN2. The molecule has 16 heavy (non-hydrogen) atoms. The Morgan fingerprint density at radius 1 is 0.875 bits per heavy atom. The summed E-state index contributed by atoms with van der Waals surface area (Å²) in [6, 6.07) is 13.4. The van der Waals surface area contributed by atoms with E-state index in [4.69, 9.17) is 17.3 Å². The molecule has 0 fully saturated rings. The Kier molecular flexibility index (Phi) is 1.98. The van der Waals surface area contributed by atoms with E-state index in [1.807, 2.05) is 36.4 Å². The molecular weight excluding hydrogens is 220 g/mol. The highest BCUT2D eigenvalue weighted by atomic mass is 35.5. The number of aromatic nitrogens is 1. The van der Waals surface area contributed by atoms with Crippen LogP contribution in [0.15, 0.2) is 42.5 Å². The van der Waals surface area contributed by atoms with E-state index in [9.17, 15) is 0 Å². The summed E-state index contributed by atoms with van der Waals surface area (Å²) in [5.41, 5.74) is 8.38. The summed E-state index contributed by atoms with van der Waals surface area (Å²) < 4.78 is 0. The molecule has 1 heterocycles. The van der Waals surface area contributed by atoms with Crippen LogP contribution < -0.4 is 5.73 Å². The van der Waals surface area contributed by atoms with E-state index in [2.05, 4.69) is 11.1 Å². The number of halogens is 1. The Labute approximate surface area is 97.7 Å². The molecule has 3 aromatic rings. The highest BCUT2D eigenvalue weighted by Crippen LogP contribution is 2.23. The fourth-order valence-corrected chi connectivity index (χ4v) is 2.01. The highest BCUT2D eigenvalue weighted by molar-refractivity contribution is 6.31. The largest absolute Gasteiger partial charge is 0.399 e. The molecule has 0 aliphatic rings. The van der Waals surface area contributed by atoms with E-state index < -0.39 is 0 Å². The third-order valence-corrected chi connectivity index (χ3v) is 2.83. The topological polar surface area (TPSA) is 38.9 Å². The predicted octanol–water partition coefficient (Wildman–Crippen LogP) is 3.62. The summed E-state index contributed by atoms with van der Waals surface area (Å²) in [5, 5.41) is 2.79. The zero-order valence-corrected chi connectivity index (χ0v) is 9.20. The first-order valence-corrected chi connectivity index (χ1v) is 5.36. The number of nitrogen functional groups attached to an aromatic ring is 1. The van der Waals surface area contributed by atoms with Crippen LogP contribution >= 0.6 is 11.6 Å². The molecule has 78 valence electrons. The lowest BCUT2D eigenvalue weighted by molar-refractivity contribution is 1.50. The first-order valence-electron chi connectivity index (χ1n) is 4.98. The molecule has 3 heteroatoms. The summed E-state index contributed by atoms with van der Waals surface area (Å²) in [5.74, 6) is 0. The molecule has 0 bridgehead atoms. The molecule has 0 saturated carbocycles. The molecule has 0 atom stereocenters. The van der Waals surface area contributed by atoms with Crippen molar-refractivity contribution in [3.63, 3.8) is 0 Å². The van der Waals surface area contributed by atoms with Crippen molar-refractivity contribution in [2.45, 2.75) is 0 Å². The molecule has 0 amide bonds. The lowest BCUT2D eigenvalue weighted by atomic mass is 10.1. The van der Waals surface area contributed by atoms with E-state index in [-0.39, 0.29) is 0 Å². The second-order valence-electron chi connectivity index (χ2n) is 3.78. The Bertz CT molecular complexity index is 635. The molecule has 1 aromatic heterocycles. The van der Waals surface area contributed by atoms with E-state index in [1.165, 1.54) is 0 Å². The molecule has 0 unspecified atom stereocenters. The zero-order chi connectivity index (χ0) is 11.1. The smallest absolute Gasteiger partial charge is 0.0711 e. The van der Waals surface area contributed by atoms with Gasteiger partial charge in [-0.3, -0.25) is 0 Å².